The minimum Gasteiger partial charge on any atom is -0.382 e. The van der Waals surface area contributed by atoms with Crippen molar-refractivity contribution in [1.82, 2.24) is 5.32 Å². The Morgan fingerprint density at radius 1 is 1.05 bits per heavy atom. The van der Waals surface area contributed by atoms with E-state index in [-0.39, 0.29) is 12.3 Å². The van der Waals surface area contributed by atoms with Crippen molar-refractivity contribution in [2.45, 2.75) is 44.2 Å². The van der Waals surface area contributed by atoms with Gasteiger partial charge < -0.3 is 21.3 Å². The molecule has 42 heavy (non-hydrogen) atoms. The number of nitrogens with two attached hydrogens (primary N) is 1. The molecule has 8 nitrogen and oxygen atoms in total. The van der Waals surface area contributed by atoms with Crippen molar-refractivity contribution >= 4 is 46.4 Å². The number of carbonyl (C=O) groups excluding carboxylic acids is 3. The van der Waals surface area contributed by atoms with Gasteiger partial charge in [0.15, 0.2) is 0 Å². The Kier molecular flexibility index (Phi) is 9.04. The summed E-state index contributed by atoms with van der Waals surface area (Å²) in [4.78, 5) is 45.2. The first-order chi connectivity index (χ1) is 19.6. The van der Waals surface area contributed by atoms with E-state index in [0.717, 1.165) is 0 Å². The molecule has 0 saturated carbocycles. The second-order valence-corrected chi connectivity index (χ2v) is 10.4. The number of nitrogens with zero attached hydrogens (tertiary/aromatic N) is 2. The smallest absolute Gasteiger partial charge is 0.382 e. The van der Waals surface area contributed by atoms with Crippen LogP contribution in [0.2, 0.25) is 5.02 Å². The predicted octanol–water partition coefficient (Wildman–Crippen LogP) is 4.79. The minimum atomic E-state index is -4.78. The van der Waals surface area contributed by atoms with Gasteiger partial charge in [0.05, 0.1) is 17.1 Å². The molecule has 0 aliphatic carbocycles. The molecule has 0 bridgehead atoms. The van der Waals surface area contributed by atoms with Gasteiger partial charge in [-0.3, -0.25) is 14.4 Å². The molecule has 226 valence electrons. The van der Waals surface area contributed by atoms with Crippen LogP contribution in [0.25, 0.3) is 0 Å². The number of hydrogen-bond acceptors (Lipinski definition) is 5. The lowest BCUT2D eigenvalue weighted by Crippen LogP contribution is -2.52. The highest BCUT2D eigenvalue weighted by molar-refractivity contribution is 6.31. The van der Waals surface area contributed by atoms with E-state index < -0.39 is 73.8 Å². The molecule has 0 unspecified atom stereocenters. The van der Waals surface area contributed by atoms with Gasteiger partial charge in [-0.25, -0.2) is 4.99 Å². The summed E-state index contributed by atoms with van der Waals surface area (Å²) in [6, 6.07) is 11.6. The molecule has 0 spiro atoms. The summed E-state index contributed by atoms with van der Waals surface area (Å²) >= 11 is 6.19. The number of amides is 3. The molecule has 4 rings (SSSR count). The maximum absolute atomic E-state index is 13.7. The highest BCUT2D eigenvalue weighted by Crippen LogP contribution is 2.38. The van der Waals surface area contributed by atoms with Crippen molar-refractivity contribution in [3.8, 4) is 0 Å². The zero-order valence-electron chi connectivity index (χ0n) is 21.9. The van der Waals surface area contributed by atoms with Gasteiger partial charge in [0.2, 0.25) is 18.0 Å². The lowest BCUT2D eigenvalue weighted by Gasteiger charge is -2.32. The van der Waals surface area contributed by atoms with Crippen LogP contribution >= 0.6 is 11.6 Å². The van der Waals surface area contributed by atoms with Crippen molar-refractivity contribution in [3.63, 3.8) is 0 Å². The number of primary amides is 1. The van der Waals surface area contributed by atoms with Crippen molar-refractivity contribution in [1.29, 1.82) is 0 Å². The van der Waals surface area contributed by atoms with Gasteiger partial charge in [-0.2, -0.15) is 26.3 Å². The topological polar surface area (TPSA) is 117 Å². The molecular formula is C27H26ClF6N5O3. The van der Waals surface area contributed by atoms with Crippen LogP contribution in [0, 0.1) is 11.8 Å². The molecule has 3 amide bonds. The fourth-order valence-electron chi connectivity index (χ4n) is 5.10. The average Bonchev–Trinajstić information content (AvgIpc) is 3.01. The highest BCUT2D eigenvalue weighted by atomic mass is 35.5. The summed E-state index contributed by atoms with van der Waals surface area (Å²) in [6.45, 7) is 0.491. The minimum absolute atomic E-state index is 0.153. The number of anilines is 2. The largest absolute Gasteiger partial charge is 0.389 e. The van der Waals surface area contributed by atoms with Crippen LogP contribution in [0.15, 0.2) is 47.5 Å². The van der Waals surface area contributed by atoms with Gasteiger partial charge in [0.25, 0.3) is 5.91 Å². The molecule has 0 fully saturated rings. The number of alkyl halides is 6. The predicted molar refractivity (Wildman–Crippen MR) is 143 cm³/mol. The molecule has 0 saturated heterocycles. The van der Waals surface area contributed by atoms with Gasteiger partial charge in [-0.05, 0) is 31.0 Å². The van der Waals surface area contributed by atoms with E-state index in [4.69, 9.17) is 17.3 Å². The zero-order chi connectivity index (χ0) is 30.8. The van der Waals surface area contributed by atoms with Crippen molar-refractivity contribution < 1.29 is 40.7 Å². The molecule has 15 heteroatoms. The van der Waals surface area contributed by atoms with Crippen molar-refractivity contribution in [3.05, 3.63) is 58.6 Å². The third kappa shape index (κ3) is 7.33. The maximum atomic E-state index is 13.7. The lowest BCUT2D eigenvalue weighted by molar-refractivity contribution is -0.152. The molecule has 2 heterocycles. The number of nitrogens with one attached hydrogen (secondary N) is 2. The Labute approximate surface area is 241 Å². The Bertz CT molecular complexity index is 1400. The van der Waals surface area contributed by atoms with Gasteiger partial charge in [-0.15, -0.1) is 0 Å². The van der Waals surface area contributed by atoms with Gasteiger partial charge in [0, 0.05) is 53.9 Å². The Hall–Kier alpha value is -3.81. The van der Waals surface area contributed by atoms with Gasteiger partial charge in [0.1, 0.15) is 0 Å². The first-order valence-corrected chi connectivity index (χ1v) is 13.3. The van der Waals surface area contributed by atoms with Crippen LogP contribution in [-0.2, 0) is 14.4 Å². The fraction of sp³-hybridized carbons (Fsp3) is 0.407. The second-order valence-electron chi connectivity index (χ2n) is 9.94. The second kappa shape index (κ2) is 12.2. The summed E-state index contributed by atoms with van der Waals surface area (Å²) in [5.41, 5.74) is 7.52. The van der Waals surface area contributed by atoms with Gasteiger partial charge in [-0.1, -0.05) is 35.9 Å². The number of halogens is 7. The van der Waals surface area contributed by atoms with Crippen LogP contribution in [0.1, 0.15) is 36.8 Å². The zero-order valence-corrected chi connectivity index (χ0v) is 22.6. The SMILES string of the molecule is NC(=O)[C@@H](CCC(F)(F)F)[C@@H](CCC(F)(F)F)C(=O)N[C@H]1N=C(c2cccc(Cl)c2)c2cccc3c2N(CCN3)C1=O. The van der Waals surface area contributed by atoms with E-state index in [2.05, 4.69) is 15.6 Å². The summed E-state index contributed by atoms with van der Waals surface area (Å²) in [5.74, 6) is -7.13. The maximum Gasteiger partial charge on any atom is 0.389 e. The lowest BCUT2D eigenvalue weighted by atomic mass is 9.83. The molecule has 2 aromatic carbocycles. The van der Waals surface area contributed by atoms with Crippen molar-refractivity contribution in [2.75, 3.05) is 23.3 Å². The van der Waals surface area contributed by atoms with E-state index in [1.54, 1.807) is 42.5 Å². The van der Waals surface area contributed by atoms with Crippen LogP contribution < -0.4 is 21.3 Å². The molecule has 0 aromatic heterocycles. The quantitative estimate of drug-likeness (QED) is 0.351. The van der Waals surface area contributed by atoms with Crippen LogP contribution in [0.3, 0.4) is 0 Å². The summed E-state index contributed by atoms with van der Waals surface area (Å²) < 4.78 is 78.3. The summed E-state index contributed by atoms with van der Waals surface area (Å²) in [6.07, 6.45) is -16.4. The van der Waals surface area contributed by atoms with Crippen molar-refractivity contribution in [2.24, 2.45) is 22.6 Å². The van der Waals surface area contributed by atoms with Crippen LogP contribution in [-0.4, -0.2) is 55.0 Å². The number of benzene rings is 2. The molecule has 4 N–H and O–H groups in total. The monoisotopic (exact) mass is 617 g/mol. The molecule has 3 atom stereocenters. The molecular weight excluding hydrogens is 592 g/mol. The number of rotatable bonds is 9. The van der Waals surface area contributed by atoms with E-state index in [0.29, 0.717) is 34.1 Å². The number of aliphatic imine (C=N–C) groups is 1. The van der Waals surface area contributed by atoms with E-state index in [9.17, 15) is 40.7 Å². The van der Waals surface area contributed by atoms with Crippen LogP contribution in [0.4, 0.5) is 37.7 Å². The van der Waals surface area contributed by atoms with Crippen LogP contribution in [0.5, 0.6) is 0 Å². The van der Waals surface area contributed by atoms with Gasteiger partial charge >= 0.3 is 12.4 Å². The standard InChI is InChI=1S/C27H26ClF6N5O3/c28-15-4-1-3-14(13-15)20-18-5-2-6-19-21(18)39(12-11-36-19)25(42)23(37-20)38-24(41)17(8-10-27(32,33)34)16(22(35)40)7-9-26(29,30)31/h1-6,13,16-17,23,36H,7-12H2,(H2,35,40)(H,38,41)/t16-,17+,23+/m0/s1. The van der Waals surface area contributed by atoms with E-state index in [1.165, 1.54) is 4.90 Å². The first kappa shape index (κ1) is 31.1. The number of carbonyl (C=O) groups is 3. The molecule has 2 aromatic rings. The number of hydrogen-bond donors (Lipinski definition) is 3. The van der Waals surface area contributed by atoms with E-state index >= 15 is 0 Å². The third-order valence-corrected chi connectivity index (χ3v) is 7.25. The first-order valence-electron chi connectivity index (χ1n) is 12.9. The average molecular weight is 618 g/mol. The third-order valence-electron chi connectivity index (χ3n) is 7.01. The molecule has 2 aliphatic heterocycles. The fourth-order valence-corrected chi connectivity index (χ4v) is 5.29. The Morgan fingerprint density at radius 2 is 1.69 bits per heavy atom. The molecule has 0 radical (unpaired) electrons. The number of para-hydroxylation sites is 1. The summed E-state index contributed by atoms with van der Waals surface area (Å²) in [7, 11) is 0. The normalized spacial score (nSPS) is 18.3. The Morgan fingerprint density at radius 3 is 2.31 bits per heavy atom. The Balaban J connectivity index is 1.75. The summed E-state index contributed by atoms with van der Waals surface area (Å²) in [5, 5.41) is 5.83. The van der Waals surface area contributed by atoms with E-state index in [1.807, 2.05) is 0 Å². The highest BCUT2D eigenvalue weighted by Gasteiger charge is 2.42. The molecule has 2 aliphatic rings.